The summed E-state index contributed by atoms with van der Waals surface area (Å²) < 4.78 is 32.6. The number of amides is 1. The molecule has 2 aromatic rings. The second-order valence-corrected chi connectivity index (χ2v) is 9.93. The van der Waals surface area contributed by atoms with E-state index in [2.05, 4.69) is 0 Å². The van der Waals surface area contributed by atoms with Crippen LogP contribution in [0.4, 0.5) is 0 Å². The second-order valence-electron chi connectivity index (χ2n) is 6.97. The molecule has 0 N–H and O–H groups in total. The van der Waals surface area contributed by atoms with Crippen molar-refractivity contribution >= 4 is 27.7 Å². The predicted octanol–water partition coefficient (Wildman–Crippen LogP) is 2.94. The molecule has 1 amide bonds. The molecule has 0 aromatic heterocycles. The molecular weight excluding hydrogens is 408 g/mol. The fourth-order valence-electron chi connectivity index (χ4n) is 3.17. The van der Waals surface area contributed by atoms with Crippen LogP contribution < -0.4 is 4.74 Å². The zero-order valence-electron chi connectivity index (χ0n) is 16.9. The molecule has 29 heavy (non-hydrogen) atoms. The van der Waals surface area contributed by atoms with Crippen molar-refractivity contribution in [3.05, 3.63) is 53.6 Å². The van der Waals surface area contributed by atoms with Crippen molar-refractivity contribution < 1.29 is 17.9 Å². The summed E-state index contributed by atoms with van der Waals surface area (Å²) in [5, 5.41) is 0. The van der Waals surface area contributed by atoms with Gasteiger partial charge in [0.2, 0.25) is 15.9 Å². The smallest absolute Gasteiger partial charge is 0.243 e. The number of nitrogens with zero attached hydrogens (tertiary/aromatic N) is 2. The van der Waals surface area contributed by atoms with Gasteiger partial charge in [0.15, 0.2) is 0 Å². The Kier molecular flexibility index (Phi) is 6.87. The SMILES string of the molecule is COc1ccccc1SCC(=O)N1CCN(S(=O)(=O)c2ccc(C)c(C)c2)CC1. The molecule has 0 unspecified atom stereocenters. The van der Waals surface area contributed by atoms with Gasteiger partial charge in [-0.2, -0.15) is 4.31 Å². The Morgan fingerprint density at radius 2 is 1.72 bits per heavy atom. The highest BCUT2D eigenvalue weighted by Crippen LogP contribution is 2.29. The van der Waals surface area contributed by atoms with Gasteiger partial charge in [-0.25, -0.2) is 8.42 Å². The Balaban J connectivity index is 1.58. The van der Waals surface area contributed by atoms with Crippen molar-refractivity contribution in [3.8, 4) is 5.75 Å². The lowest BCUT2D eigenvalue weighted by molar-refractivity contribution is -0.129. The standard InChI is InChI=1S/C21H26N2O4S2/c1-16-8-9-18(14-17(16)2)29(25,26)23-12-10-22(11-13-23)21(24)15-28-20-7-5-4-6-19(20)27-3/h4-9,14H,10-13,15H2,1-3H3. The summed E-state index contributed by atoms with van der Waals surface area (Å²) in [5.74, 6) is 1.04. The molecule has 156 valence electrons. The van der Waals surface area contributed by atoms with Crippen LogP contribution in [0.2, 0.25) is 0 Å². The summed E-state index contributed by atoms with van der Waals surface area (Å²) in [6, 6.07) is 12.8. The number of carbonyl (C=O) groups is 1. The van der Waals surface area contributed by atoms with E-state index in [4.69, 9.17) is 4.74 Å². The summed E-state index contributed by atoms with van der Waals surface area (Å²) in [4.78, 5) is 15.5. The van der Waals surface area contributed by atoms with Crippen LogP contribution >= 0.6 is 11.8 Å². The number of piperazine rings is 1. The van der Waals surface area contributed by atoms with Crippen molar-refractivity contribution in [2.75, 3.05) is 39.0 Å². The van der Waals surface area contributed by atoms with E-state index in [0.717, 1.165) is 21.8 Å². The third kappa shape index (κ3) is 4.94. The highest BCUT2D eigenvalue weighted by atomic mass is 32.2. The fourth-order valence-corrected chi connectivity index (χ4v) is 5.61. The van der Waals surface area contributed by atoms with Gasteiger partial charge in [-0.05, 0) is 49.2 Å². The quantitative estimate of drug-likeness (QED) is 0.654. The second kappa shape index (κ2) is 9.19. The maximum atomic E-state index is 12.9. The number of aryl methyl sites for hydroxylation is 2. The van der Waals surface area contributed by atoms with Gasteiger partial charge in [0, 0.05) is 31.1 Å². The summed E-state index contributed by atoms with van der Waals surface area (Å²) in [5.41, 5.74) is 2.01. The average Bonchev–Trinajstić information content (AvgIpc) is 2.74. The number of thioether (sulfide) groups is 1. The van der Waals surface area contributed by atoms with Gasteiger partial charge >= 0.3 is 0 Å². The van der Waals surface area contributed by atoms with E-state index in [9.17, 15) is 13.2 Å². The first-order valence-electron chi connectivity index (χ1n) is 9.44. The molecule has 6 nitrogen and oxygen atoms in total. The Labute approximate surface area is 176 Å². The van der Waals surface area contributed by atoms with E-state index in [1.165, 1.54) is 16.1 Å². The maximum Gasteiger partial charge on any atom is 0.243 e. The van der Waals surface area contributed by atoms with Gasteiger partial charge in [-0.1, -0.05) is 18.2 Å². The molecule has 0 spiro atoms. The molecule has 1 heterocycles. The zero-order chi connectivity index (χ0) is 21.0. The molecule has 0 saturated carbocycles. The molecule has 0 aliphatic carbocycles. The van der Waals surface area contributed by atoms with Crippen molar-refractivity contribution in [3.63, 3.8) is 0 Å². The monoisotopic (exact) mass is 434 g/mol. The van der Waals surface area contributed by atoms with Crippen LogP contribution in [0.15, 0.2) is 52.3 Å². The number of sulfonamides is 1. The van der Waals surface area contributed by atoms with Gasteiger partial charge in [-0.15, -0.1) is 11.8 Å². The van der Waals surface area contributed by atoms with E-state index in [1.54, 1.807) is 24.1 Å². The average molecular weight is 435 g/mol. The van der Waals surface area contributed by atoms with E-state index in [0.29, 0.717) is 36.8 Å². The van der Waals surface area contributed by atoms with Crippen LogP contribution in [0.25, 0.3) is 0 Å². The lowest BCUT2D eigenvalue weighted by Crippen LogP contribution is -2.50. The van der Waals surface area contributed by atoms with Crippen molar-refractivity contribution in [1.82, 2.24) is 9.21 Å². The summed E-state index contributed by atoms with van der Waals surface area (Å²) in [7, 11) is -1.93. The van der Waals surface area contributed by atoms with Gasteiger partial charge in [-0.3, -0.25) is 4.79 Å². The molecule has 0 radical (unpaired) electrons. The van der Waals surface area contributed by atoms with Crippen molar-refractivity contribution in [1.29, 1.82) is 0 Å². The highest BCUT2D eigenvalue weighted by Gasteiger charge is 2.30. The molecule has 8 heteroatoms. The minimum absolute atomic E-state index is 0.00383. The molecule has 0 bridgehead atoms. The number of benzene rings is 2. The van der Waals surface area contributed by atoms with Crippen LogP contribution in [-0.2, 0) is 14.8 Å². The van der Waals surface area contributed by atoms with E-state index < -0.39 is 10.0 Å². The Morgan fingerprint density at radius 3 is 2.38 bits per heavy atom. The summed E-state index contributed by atoms with van der Waals surface area (Å²) >= 11 is 1.43. The van der Waals surface area contributed by atoms with Crippen LogP contribution in [0.3, 0.4) is 0 Å². The normalized spacial score (nSPS) is 15.3. The van der Waals surface area contributed by atoms with Crippen LogP contribution in [0.5, 0.6) is 5.75 Å². The Morgan fingerprint density at radius 1 is 1.03 bits per heavy atom. The van der Waals surface area contributed by atoms with Gasteiger partial charge in [0.1, 0.15) is 5.75 Å². The first-order chi connectivity index (χ1) is 13.8. The van der Waals surface area contributed by atoms with E-state index in [1.807, 2.05) is 44.2 Å². The third-order valence-corrected chi connectivity index (χ3v) is 8.06. The number of rotatable bonds is 6. The molecule has 3 rings (SSSR count). The molecule has 0 atom stereocenters. The number of hydrogen-bond donors (Lipinski definition) is 0. The van der Waals surface area contributed by atoms with E-state index >= 15 is 0 Å². The molecular formula is C21H26N2O4S2. The molecule has 2 aromatic carbocycles. The number of carbonyl (C=O) groups excluding carboxylic acids is 1. The lowest BCUT2D eigenvalue weighted by Gasteiger charge is -2.34. The first kappa shape index (κ1) is 21.7. The molecule has 1 aliphatic heterocycles. The van der Waals surface area contributed by atoms with Gasteiger partial charge in [0.25, 0.3) is 0 Å². The Bertz CT molecular complexity index is 984. The van der Waals surface area contributed by atoms with Gasteiger partial charge in [0.05, 0.1) is 17.8 Å². The fraction of sp³-hybridized carbons (Fsp3) is 0.381. The van der Waals surface area contributed by atoms with Crippen molar-refractivity contribution in [2.24, 2.45) is 0 Å². The summed E-state index contributed by atoms with van der Waals surface area (Å²) in [6.45, 7) is 5.27. The Hall–Kier alpha value is -2.03. The van der Waals surface area contributed by atoms with E-state index in [-0.39, 0.29) is 5.91 Å². The molecule has 1 fully saturated rings. The first-order valence-corrected chi connectivity index (χ1v) is 11.9. The summed E-state index contributed by atoms with van der Waals surface area (Å²) in [6.07, 6.45) is 0. The molecule has 1 aliphatic rings. The predicted molar refractivity (Wildman–Crippen MR) is 115 cm³/mol. The number of ether oxygens (including phenoxy) is 1. The van der Waals surface area contributed by atoms with Gasteiger partial charge < -0.3 is 9.64 Å². The maximum absolute atomic E-state index is 12.9. The topological polar surface area (TPSA) is 66.9 Å². The highest BCUT2D eigenvalue weighted by molar-refractivity contribution is 8.00. The number of para-hydroxylation sites is 1. The van der Waals surface area contributed by atoms with Crippen LogP contribution in [0.1, 0.15) is 11.1 Å². The number of hydrogen-bond acceptors (Lipinski definition) is 5. The number of methoxy groups -OCH3 is 1. The van der Waals surface area contributed by atoms with Crippen molar-refractivity contribution in [2.45, 2.75) is 23.6 Å². The van der Waals surface area contributed by atoms with Crippen LogP contribution in [0, 0.1) is 13.8 Å². The molecule has 1 saturated heterocycles. The largest absolute Gasteiger partial charge is 0.496 e. The minimum Gasteiger partial charge on any atom is -0.496 e. The lowest BCUT2D eigenvalue weighted by atomic mass is 10.1. The van der Waals surface area contributed by atoms with Crippen LogP contribution in [-0.4, -0.2) is 62.6 Å². The zero-order valence-corrected chi connectivity index (χ0v) is 18.6. The minimum atomic E-state index is -3.54. The third-order valence-electron chi connectivity index (χ3n) is 5.13.